The fourth-order valence-corrected chi connectivity index (χ4v) is 3.27. The molecule has 3 N–H and O–H groups in total. The highest BCUT2D eigenvalue weighted by molar-refractivity contribution is 5.68. The Labute approximate surface area is 171 Å². The predicted molar refractivity (Wildman–Crippen MR) is 114 cm³/mol. The van der Waals surface area contributed by atoms with E-state index in [4.69, 9.17) is 14.6 Å². The molecule has 0 aliphatic carbocycles. The van der Waals surface area contributed by atoms with Crippen molar-refractivity contribution in [2.24, 2.45) is 0 Å². The Morgan fingerprint density at radius 2 is 1.79 bits per heavy atom. The maximum atomic E-state index is 10.4. The van der Waals surface area contributed by atoms with Crippen LogP contribution in [0.25, 0.3) is 11.1 Å². The lowest BCUT2D eigenvalue weighted by molar-refractivity contribution is 0.289. The second-order valence-electron chi connectivity index (χ2n) is 6.77. The van der Waals surface area contributed by atoms with Crippen LogP contribution in [0.5, 0.6) is 17.2 Å². The second kappa shape index (κ2) is 9.96. The molecule has 5 nitrogen and oxygen atoms in total. The first-order chi connectivity index (χ1) is 14.1. The van der Waals surface area contributed by atoms with Gasteiger partial charge in [-0.3, -0.25) is 0 Å². The first kappa shape index (κ1) is 20.7. The number of aromatic hydroxyl groups is 1. The Kier molecular flexibility index (Phi) is 7.11. The van der Waals surface area contributed by atoms with Crippen molar-refractivity contribution in [3.8, 4) is 28.4 Å². The van der Waals surface area contributed by atoms with Crippen molar-refractivity contribution in [2.45, 2.75) is 20.1 Å². The molecule has 152 valence electrons. The molecule has 0 aliphatic rings. The highest BCUT2D eigenvalue weighted by Crippen LogP contribution is 2.34. The summed E-state index contributed by atoms with van der Waals surface area (Å²) in [4.78, 5) is 0. The van der Waals surface area contributed by atoms with Crippen LogP contribution in [0.2, 0.25) is 0 Å². The molecule has 0 saturated heterocycles. The molecular weight excluding hydrogens is 366 g/mol. The fraction of sp³-hybridized carbons (Fsp3) is 0.250. The van der Waals surface area contributed by atoms with E-state index in [0.717, 1.165) is 5.56 Å². The van der Waals surface area contributed by atoms with Gasteiger partial charge in [0.15, 0.2) is 0 Å². The number of aliphatic hydroxyl groups excluding tert-OH is 1. The van der Waals surface area contributed by atoms with Gasteiger partial charge in [0.25, 0.3) is 0 Å². The third-order valence-corrected chi connectivity index (χ3v) is 4.89. The Morgan fingerprint density at radius 1 is 1.00 bits per heavy atom. The number of methoxy groups -OCH3 is 1. The first-order valence-electron chi connectivity index (χ1n) is 9.62. The van der Waals surface area contributed by atoms with Crippen LogP contribution in [0.3, 0.4) is 0 Å². The number of nitrogens with one attached hydrogen (secondary N) is 1. The quantitative estimate of drug-likeness (QED) is 0.479. The molecule has 0 atom stereocenters. The van der Waals surface area contributed by atoms with E-state index in [0.29, 0.717) is 36.8 Å². The van der Waals surface area contributed by atoms with Crippen molar-refractivity contribution >= 4 is 0 Å². The highest BCUT2D eigenvalue weighted by Gasteiger charge is 2.13. The van der Waals surface area contributed by atoms with Crippen molar-refractivity contribution in [3.63, 3.8) is 0 Å². The van der Waals surface area contributed by atoms with Gasteiger partial charge in [0, 0.05) is 30.8 Å². The van der Waals surface area contributed by atoms with Crippen LogP contribution in [0.15, 0.2) is 60.7 Å². The second-order valence-corrected chi connectivity index (χ2v) is 6.77. The number of phenolic OH excluding ortho intramolecular Hbond substituents is 1. The van der Waals surface area contributed by atoms with E-state index < -0.39 is 0 Å². The summed E-state index contributed by atoms with van der Waals surface area (Å²) in [6.07, 6.45) is 0. The van der Waals surface area contributed by atoms with Crippen LogP contribution in [-0.2, 0) is 13.2 Å². The highest BCUT2D eigenvalue weighted by atomic mass is 16.5. The number of ether oxygens (including phenoxy) is 2. The number of aliphatic hydroxyl groups is 1. The maximum Gasteiger partial charge on any atom is 0.130 e. The van der Waals surface area contributed by atoms with Gasteiger partial charge in [-0.1, -0.05) is 48.5 Å². The van der Waals surface area contributed by atoms with Crippen molar-refractivity contribution in [1.29, 1.82) is 0 Å². The number of hydrogen-bond donors (Lipinski definition) is 3. The topological polar surface area (TPSA) is 71.0 Å². The molecule has 0 spiro atoms. The van der Waals surface area contributed by atoms with E-state index in [1.165, 1.54) is 16.7 Å². The summed E-state index contributed by atoms with van der Waals surface area (Å²) in [5.41, 5.74) is 5.23. The van der Waals surface area contributed by atoms with Crippen molar-refractivity contribution in [1.82, 2.24) is 5.32 Å². The van der Waals surface area contributed by atoms with Crippen molar-refractivity contribution in [2.75, 3.05) is 20.3 Å². The van der Waals surface area contributed by atoms with E-state index >= 15 is 0 Å². The minimum atomic E-state index is 0.0334. The molecule has 0 amide bonds. The van der Waals surface area contributed by atoms with E-state index in [1.807, 2.05) is 30.3 Å². The fourth-order valence-electron chi connectivity index (χ4n) is 3.27. The Balaban J connectivity index is 1.77. The van der Waals surface area contributed by atoms with E-state index in [1.54, 1.807) is 19.2 Å². The summed E-state index contributed by atoms with van der Waals surface area (Å²) < 4.78 is 11.4. The van der Waals surface area contributed by atoms with Gasteiger partial charge in [0.1, 0.15) is 23.9 Å². The van der Waals surface area contributed by atoms with Crippen LogP contribution in [0.1, 0.15) is 16.7 Å². The van der Waals surface area contributed by atoms with E-state index in [9.17, 15) is 5.11 Å². The largest absolute Gasteiger partial charge is 0.507 e. The molecule has 0 aromatic heterocycles. The Hall–Kier alpha value is -3.02. The van der Waals surface area contributed by atoms with Gasteiger partial charge in [-0.2, -0.15) is 0 Å². The van der Waals surface area contributed by atoms with Gasteiger partial charge < -0.3 is 25.0 Å². The predicted octanol–water partition coefficient (Wildman–Crippen LogP) is 4.04. The van der Waals surface area contributed by atoms with Crippen LogP contribution >= 0.6 is 0 Å². The normalized spacial score (nSPS) is 10.7. The standard InChI is InChI=1S/C24H27NO4/c1-17-19(9-6-10-21(17)18-7-4-3-5-8-18)16-29-20-13-23(27)22(15-25-11-12-26)24(14-20)28-2/h3-10,13-14,25-27H,11-12,15-16H2,1-2H3. The SMILES string of the molecule is COc1cc(OCc2cccc(-c3ccccc3)c2C)cc(O)c1CNCCO. The lowest BCUT2D eigenvalue weighted by Crippen LogP contribution is -2.18. The number of hydrogen-bond acceptors (Lipinski definition) is 5. The van der Waals surface area contributed by atoms with Gasteiger partial charge in [0.2, 0.25) is 0 Å². The smallest absolute Gasteiger partial charge is 0.130 e. The summed E-state index contributed by atoms with van der Waals surface area (Å²) >= 11 is 0. The third-order valence-electron chi connectivity index (χ3n) is 4.89. The maximum absolute atomic E-state index is 10.4. The van der Waals surface area contributed by atoms with Crippen LogP contribution in [0.4, 0.5) is 0 Å². The van der Waals surface area contributed by atoms with Gasteiger partial charge in [0.05, 0.1) is 13.7 Å². The molecule has 3 aromatic carbocycles. The van der Waals surface area contributed by atoms with E-state index in [-0.39, 0.29) is 12.4 Å². The molecule has 0 unspecified atom stereocenters. The van der Waals surface area contributed by atoms with Gasteiger partial charge in [-0.15, -0.1) is 0 Å². The monoisotopic (exact) mass is 393 g/mol. The zero-order valence-corrected chi connectivity index (χ0v) is 16.8. The lowest BCUT2D eigenvalue weighted by atomic mass is 9.97. The molecule has 0 aliphatic heterocycles. The molecule has 0 saturated carbocycles. The third kappa shape index (κ3) is 5.08. The molecule has 29 heavy (non-hydrogen) atoms. The van der Waals surface area contributed by atoms with Gasteiger partial charge in [-0.05, 0) is 29.2 Å². The van der Waals surface area contributed by atoms with Crippen LogP contribution < -0.4 is 14.8 Å². The van der Waals surface area contributed by atoms with Crippen molar-refractivity contribution in [3.05, 3.63) is 77.4 Å². The average molecular weight is 393 g/mol. The van der Waals surface area contributed by atoms with Crippen LogP contribution in [0, 0.1) is 6.92 Å². The molecule has 0 bridgehead atoms. The minimum absolute atomic E-state index is 0.0334. The van der Waals surface area contributed by atoms with Crippen molar-refractivity contribution < 1.29 is 19.7 Å². The minimum Gasteiger partial charge on any atom is -0.507 e. The summed E-state index contributed by atoms with van der Waals surface area (Å²) in [6, 6.07) is 19.8. The molecular formula is C24H27NO4. The zero-order valence-electron chi connectivity index (χ0n) is 16.8. The molecule has 0 fully saturated rings. The number of rotatable bonds is 9. The molecule has 3 aromatic rings. The number of benzene rings is 3. The summed E-state index contributed by atoms with van der Waals surface area (Å²) in [5.74, 6) is 1.18. The summed E-state index contributed by atoms with van der Waals surface area (Å²) in [5, 5.41) is 22.3. The summed E-state index contributed by atoms with van der Waals surface area (Å²) in [6.45, 7) is 3.35. The van der Waals surface area contributed by atoms with E-state index in [2.05, 4.69) is 30.4 Å². The van der Waals surface area contributed by atoms with Gasteiger partial charge >= 0.3 is 0 Å². The van der Waals surface area contributed by atoms with Gasteiger partial charge in [-0.25, -0.2) is 0 Å². The zero-order chi connectivity index (χ0) is 20.6. The first-order valence-corrected chi connectivity index (χ1v) is 9.62. The summed E-state index contributed by atoms with van der Waals surface area (Å²) in [7, 11) is 1.56. The molecule has 0 heterocycles. The molecule has 0 radical (unpaired) electrons. The van der Waals surface area contributed by atoms with Crippen LogP contribution in [-0.4, -0.2) is 30.5 Å². The average Bonchev–Trinajstić information content (AvgIpc) is 2.74. The number of phenols is 1. The lowest BCUT2D eigenvalue weighted by Gasteiger charge is -2.16. The molecule has 3 rings (SSSR count). The Morgan fingerprint density at radius 3 is 2.52 bits per heavy atom. The Bertz CT molecular complexity index is 941. The molecule has 5 heteroatoms.